The molecule has 0 saturated carbocycles. The molecule has 0 saturated heterocycles. The van der Waals surface area contributed by atoms with Crippen LogP contribution in [0.15, 0.2) is 35.5 Å². The van der Waals surface area contributed by atoms with Gasteiger partial charge in [0.15, 0.2) is 0 Å². The Balaban J connectivity index is 2.19. The van der Waals surface area contributed by atoms with Crippen LogP contribution in [0.25, 0.3) is 0 Å². The Morgan fingerprint density at radius 3 is 2.48 bits per heavy atom. The van der Waals surface area contributed by atoms with Crippen molar-refractivity contribution in [2.24, 2.45) is 0 Å². The predicted molar refractivity (Wildman–Crippen MR) is 96.9 cm³/mol. The van der Waals surface area contributed by atoms with Gasteiger partial charge >= 0.3 is 12.0 Å². The van der Waals surface area contributed by atoms with Gasteiger partial charge in [0.25, 0.3) is 0 Å². The number of rotatable bonds is 7. The number of carbonyl (C=O) groups is 2. The quantitative estimate of drug-likeness (QED) is 0.744. The molecule has 2 rings (SSSR count). The minimum atomic E-state index is -0.374. The van der Waals surface area contributed by atoms with Crippen LogP contribution in [-0.2, 0) is 16.1 Å². The van der Waals surface area contributed by atoms with Crippen molar-refractivity contribution in [3.05, 3.63) is 46.7 Å². The molecule has 0 radical (unpaired) electrons. The minimum Gasteiger partial charge on any atom is -0.463 e. The Bertz CT molecular complexity index is 652. The molecule has 1 aromatic carbocycles. The molecule has 1 heterocycles. The molecule has 1 unspecified atom stereocenters. The summed E-state index contributed by atoms with van der Waals surface area (Å²) in [6.07, 6.45) is 0.632. The van der Waals surface area contributed by atoms with Gasteiger partial charge in [-0.3, -0.25) is 4.90 Å². The molecule has 0 fully saturated rings. The van der Waals surface area contributed by atoms with E-state index in [2.05, 4.69) is 46.7 Å². The summed E-state index contributed by atoms with van der Waals surface area (Å²) >= 11 is 0. The summed E-state index contributed by atoms with van der Waals surface area (Å²) in [6, 6.07) is 7.72. The van der Waals surface area contributed by atoms with E-state index in [0.717, 1.165) is 6.54 Å². The number of nitrogens with one attached hydrogen (secondary N) is 2. The third-order valence-corrected chi connectivity index (χ3v) is 4.15. The lowest BCUT2D eigenvalue weighted by molar-refractivity contribution is -0.139. The third kappa shape index (κ3) is 5.06. The van der Waals surface area contributed by atoms with E-state index >= 15 is 0 Å². The zero-order valence-electron chi connectivity index (χ0n) is 15.4. The molecule has 2 N–H and O–H groups in total. The number of hydrogen-bond acceptors (Lipinski definition) is 4. The van der Waals surface area contributed by atoms with Gasteiger partial charge in [0, 0.05) is 18.8 Å². The van der Waals surface area contributed by atoms with Crippen LogP contribution in [0.3, 0.4) is 0 Å². The number of benzene rings is 1. The molecule has 0 aliphatic carbocycles. The predicted octanol–water partition coefficient (Wildman–Crippen LogP) is 2.34. The van der Waals surface area contributed by atoms with Crippen LogP contribution < -0.4 is 10.6 Å². The Hall–Kier alpha value is -2.34. The summed E-state index contributed by atoms with van der Waals surface area (Å²) in [7, 11) is 1.96. The highest BCUT2D eigenvalue weighted by molar-refractivity contribution is 5.94. The van der Waals surface area contributed by atoms with E-state index in [-0.39, 0.29) is 18.0 Å². The van der Waals surface area contributed by atoms with Gasteiger partial charge in [-0.05, 0) is 32.9 Å². The minimum absolute atomic E-state index is 0.279. The number of amides is 2. The number of carbonyl (C=O) groups excluding carboxylic acids is 2. The molecule has 1 atom stereocenters. The van der Waals surface area contributed by atoms with Crippen LogP contribution in [0.5, 0.6) is 0 Å². The van der Waals surface area contributed by atoms with E-state index in [1.165, 1.54) is 11.1 Å². The smallest absolute Gasteiger partial charge is 0.337 e. The number of nitrogens with zero attached hydrogens (tertiary/aromatic N) is 1. The topological polar surface area (TPSA) is 70.7 Å². The average Bonchev–Trinajstić information content (AvgIpc) is 2.56. The Labute approximate surface area is 149 Å². The van der Waals surface area contributed by atoms with Crippen molar-refractivity contribution in [1.29, 1.82) is 0 Å². The van der Waals surface area contributed by atoms with E-state index < -0.39 is 0 Å². The van der Waals surface area contributed by atoms with Gasteiger partial charge in [-0.25, -0.2) is 9.59 Å². The molecule has 2 amide bonds. The fraction of sp³-hybridized carbons (Fsp3) is 0.474. The Kier molecular flexibility index (Phi) is 6.58. The van der Waals surface area contributed by atoms with E-state index in [9.17, 15) is 9.59 Å². The molecule has 0 bridgehead atoms. The van der Waals surface area contributed by atoms with Crippen molar-refractivity contribution in [3.63, 3.8) is 0 Å². The van der Waals surface area contributed by atoms with Crippen molar-refractivity contribution >= 4 is 12.0 Å². The lowest BCUT2D eigenvalue weighted by Crippen LogP contribution is -2.51. The first-order valence-electron chi connectivity index (χ1n) is 8.66. The molecule has 25 heavy (non-hydrogen) atoms. The lowest BCUT2D eigenvalue weighted by atomic mass is 10.00. The largest absolute Gasteiger partial charge is 0.463 e. The summed E-state index contributed by atoms with van der Waals surface area (Å²) in [5.41, 5.74) is 3.53. The molecule has 6 heteroatoms. The number of likely N-dealkylation sites (N-methyl/N-ethyl adjacent to an activating group) is 1. The number of ether oxygens (including phenoxy) is 1. The molecule has 6 nitrogen and oxygen atoms in total. The molecule has 1 aliphatic heterocycles. The first-order valence-corrected chi connectivity index (χ1v) is 8.66. The fourth-order valence-electron chi connectivity index (χ4n) is 2.92. The second-order valence-corrected chi connectivity index (χ2v) is 6.33. The molecule has 1 aromatic rings. The number of urea groups is 1. The first kappa shape index (κ1) is 19.0. The molecular formula is C19H27N3O3. The third-order valence-electron chi connectivity index (χ3n) is 4.15. The maximum absolute atomic E-state index is 12.4. The lowest BCUT2D eigenvalue weighted by Gasteiger charge is -2.30. The van der Waals surface area contributed by atoms with Crippen LogP contribution in [0, 0.1) is 6.92 Å². The molecule has 0 aromatic heterocycles. The Morgan fingerprint density at radius 2 is 1.88 bits per heavy atom. The van der Waals surface area contributed by atoms with Crippen LogP contribution in [0.1, 0.15) is 31.4 Å². The van der Waals surface area contributed by atoms with Gasteiger partial charge in [0.2, 0.25) is 0 Å². The summed E-state index contributed by atoms with van der Waals surface area (Å²) in [5.74, 6) is -0.374. The van der Waals surface area contributed by atoms with Crippen molar-refractivity contribution in [3.8, 4) is 0 Å². The highest BCUT2D eigenvalue weighted by Gasteiger charge is 2.31. The van der Waals surface area contributed by atoms with Crippen molar-refractivity contribution in [2.45, 2.75) is 39.8 Å². The maximum atomic E-state index is 12.4. The summed E-state index contributed by atoms with van der Waals surface area (Å²) < 4.78 is 5.19. The van der Waals surface area contributed by atoms with Crippen LogP contribution in [-0.4, -0.2) is 43.1 Å². The maximum Gasteiger partial charge on any atom is 0.337 e. The highest BCUT2D eigenvalue weighted by atomic mass is 16.5. The molecule has 0 spiro atoms. The van der Waals surface area contributed by atoms with Gasteiger partial charge in [-0.15, -0.1) is 0 Å². The van der Waals surface area contributed by atoms with E-state index in [0.29, 0.717) is 30.8 Å². The first-order chi connectivity index (χ1) is 11.9. The highest BCUT2D eigenvalue weighted by Crippen LogP contribution is 2.18. The van der Waals surface area contributed by atoms with Crippen LogP contribution in [0.4, 0.5) is 4.79 Å². The number of hydrogen-bond donors (Lipinski definition) is 2. The molecule has 1 aliphatic rings. The van der Waals surface area contributed by atoms with Gasteiger partial charge < -0.3 is 15.4 Å². The van der Waals surface area contributed by atoms with Gasteiger partial charge in [-0.1, -0.05) is 36.8 Å². The van der Waals surface area contributed by atoms with E-state index in [1.54, 1.807) is 6.92 Å². The summed E-state index contributed by atoms with van der Waals surface area (Å²) in [6.45, 7) is 7.26. The zero-order chi connectivity index (χ0) is 18.4. The van der Waals surface area contributed by atoms with Crippen LogP contribution in [0.2, 0.25) is 0 Å². The molecular weight excluding hydrogens is 318 g/mol. The molecule has 136 valence electrons. The average molecular weight is 345 g/mol. The van der Waals surface area contributed by atoms with E-state index in [4.69, 9.17) is 4.74 Å². The second kappa shape index (κ2) is 8.67. The van der Waals surface area contributed by atoms with Crippen molar-refractivity contribution < 1.29 is 14.3 Å². The van der Waals surface area contributed by atoms with Gasteiger partial charge in [0.1, 0.15) is 0 Å². The number of esters is 1. The summed E-state index contributed by atoms with van der Waals surface area (Å²) in [4.78, 5) is 26.4. The zero-order valence-corrected chi connectivity index (χ0v) is 15.4. The van der Waals surface area contributed by atoms with Gasteiger partial charge in [0.05, 0.1) is 18.2 Å². The van der Waals surface area contributed by atoms with Crippen LogP contribution >= 0.6 is 0 Å². The van der Waals surface area contributed by atoms with Crippen molar-refractivity contribution in [2.75, 3.05) is 20.2 Å². The van der Waals surface area contributed by atoms with Crippen molar-refractivity contribution in [1.82, 2.24) is 15.5 Å². The van der Waals surface area contributed by atoms with E-state index in [1.807, 2.05) is 14.0 Å². The second-order valence-electron chi connectivity index (χ2n) is 6.33. The normalized spacial score (nSPS) is 17.3. The SMILES string of the molecule is CCOC(=O)C1=C(CN(C)Cc2ccc(C)cc2)NC(=O)NC1CC. The standard InChI is InChI=1S/C19H27N3O3/c1-5-15-17(18(23)25-6-2)16(21-19(24)20-15)12-22(4)11-14-9-7-13(3)8-10-14/h7-10,15H,5-6,11-12H2,1-4H3,(H2,20,21,24). The Morgan fingerprint density at radius 1 is 1.20 bits per heavy atom. The monoisotopic (exact) mass is 345 g/mol. The summed E-state index contributed by atoms with van der Waals surface area (Å²) in [5, 5.41) is 5.57. The fourth-order valence-corrected chi connectivity index (χ4v) is 2.92. The number of aryl methyl sites for hydroxylation is 1. The van der Waals surface area contributed by atoms with Gasteiger partial charge in [-0.2, -0.15) is 0 Å².